The van der Waals surface area contributed by atoms with Gasteiger partial charge in [-0.2, -0.15) is 0 Å². The molecule has 0 fully saturated rings. The highest BCUT2D eigenvalue weighted by molar-refractivity contribution is 5.72. The maximum absolute atomic E-state index is 12.0. The molecular formula is C10H10F3NO4. The fourth-order valence-corrected chi connectivity index (χ4v) is 1.23. The molecule has 0 saturated heterocycles. The number of esters is 1. The third-order valence-electron chi connectivity index (χ3n) is 2.13. The van der Waals surface area contributed by atoms with Crippen molar-refractivity contribution in [1.29, 1.82) is 0 Å². The number of carbonyl (C=O) groups is 1. The van der Waals surface area contributed by atoms with Crippen molar-refractivity contribution in [2.24, 2.45) is 0 Å². The van der Waals surface area contributed by atoms with Crippen LogP contribution in [0.3, 0.4) is 0 Å². The number of H-pyrrole nitrogens is 1. The number of hydrogen-bond donors (Lipinski definition) is 1. The molecule has 0 radical (unpaired) electrons. The summed E-state index contributed by atoms with van der Waals surface area (Å²) in [7, 11) is 1.13. The molecule has 8 heteroatoms. The number of pyridine rings is 1. The molecule has 1 heterocycles. The van der Waals surface area contributed by atoms with Crippen LogP contribution >= 0.6 is 0 Å². The van der Waals surface area contributed by atoms with Crippen molar-refractivity contribution >= 4 is 5.97 Å². The molecule has 0 aliphatic rings. The lowest BCUT2D eigenvalue weighted by Crippen LogP contribution is -2.21. The van der Waals surface area contributed by atoms with E-state index in [1.807, 2.05) is 0 Å². The summed E-state index contributed by atoms with van der Waals surface area (Å²) >= 11 is 0. The molecule has 5 nitrogen and oxygen atoms in total. The van der Waals surface area contributed by atoms with Crippen molar-refractivity contribution in [3.63, 3.8) is 0 Å². The number of aromatic amines is 1. The largest absolute Gasteiger partial charge is 0.574 e. The summed E-state index contributed by atoms with van der Waals surface area (Å²) < 4.78 is 43.9. The molecular weight excluding hydrogens is 255 g/mol. The number of nitrogens with one attached hydrogen (secondary N) is 1. The third-order valence-corrected chi connectivity index (χ3v) is 2.13. The number of carbonyl (C=O) groups excluding carboxylic acids is 1. The predicted molar refractivity (Wildman–Crippen MR) is 54.2 cm³/mol. The molecule has 1 N–H and O–H groups in total. The molecule has 0 saturated carbocycles. The lowest BCUT2D eigenvalue weighted by molar-refractivity contribution is -0.276. The molecule has 18 heavy (non-hydrogen) atoms. The second-order valence-electron chi connectivity index (χ2n) is 3.40. The first-order valence-electron chi connectivity index (χ1n) is 4.78. The molecule has 0 amide bonds. The van der Waals surface area contributed by atoms with Crippen LogP contribution in [-0.4, -0.2) is 24.4 Å². The first-order valence-corrected chi connectivity index (χ1v) is 4.78. The number of methoxy groups -OCH3 is 1. The van der Waals surface area contributed by atoms with Crippen LogP contribution in [0.1, 0.15) is 11.3 Å². The van der Waals surface area contributed by atoms with Crippen molar-refractivity contribution < 1.29 is 27.4 Å². The average molecular weight is 265 g/mol. The van der Waals surface area contributed by atoms with Gasteiger partial charge in [-0.25, -0.2) is 0 Å². The van der Waals surface area contributed by atoms with E-state index in [9.17, 15) is 22.8 Å². The Balaban J connectivity index is 3.10. The topological polar surface area (TPSA) is 68.4 Å². The van der Waals surface area contributed by atoms with Crippen LogP contribution in [0.5, 0.6) is 5.88 Å². The molecule has 0 atom stereocenters. The summed E-state index contributed by atoms with van der Waals surface area (Å²) in [6.45, 7) is 1.38. The summed E-state index contributed by atoms with van der Waals surface area (Å²) in [6.07, 6.45) is -5.26. The maximum Gasteiger partial charge on any atom is 0.574 e. The van der Waals surface area contributed by atoms with Gasteiger partial charge in [-0.05, 0) is 6.92 Å². The Morgan fingerprint density at radius 3 is 2.56 bits per heavy atom. The summed E-state index contributed by atoms with van der Waals surface area (Å²) in [5, 5.41) is 0. The van der Waals surface area contributed by atoms with Gasteiger partial charge < -0.3 is 14.5 Å². The Morgan fingerprint density at radius 1 is 1.44 bits per heavy atom. The van der Waals surface area contributed by atoms with Crippen LogP contribution < -0.4 is 10.2 Å². The van der Waals surface area contributed by atoms with Crippen LogP contribution in [0, 0.1) is 6.92 Å². The smallest absolute Gasteiger partial charge is 0.469 e. The SMILES string of the molecule is COC(=O)Cc1[nH]c(OC(F)(F)F)cc(=O)c1C. The standard InChI is InChI=1S/C10H10F3NO4/c1-5-6(3-9(16)17-2)14-8(4-7(5)15)18-10(11,12)13/h4H,3H2,1-2H3,(H,14,15). The Kier molecular flexibility index (Phi) is 4.00. The fraction of sp³-hybridized carbons (Fsp3) is 0.400. The molecule has 1 rings (SSSR count). The van der Waals surface area contributed by atoms with Gasteiger partial charge in [0.25, 0.3) is 0 Å². The zero-order chi connectivity index (χ0) is 13.9. The number of aromatic nitrogens is 1. The van der Waals surface area contributed by atoms with E-state index in [2.05, 4.69) is 14.5 Å². The fourth-order valence-electron chi connectivity index (χ4n) is 1.23. The number of halogens is 3. The molecule has 0 aromatic carbocycles. The zero-order valence-electron chi connectivity index (χ0n) is 9.55. The minimum atomic E-state index is -4.92. The predicted octanol–water partition coefficient (Wildman–Crippen LogP) is 1.30. The summed E-state index contributed by atoms with van der Waals surface area (Å²) in [4.78, 5) is 24.7. The van der Waals surface area contributed by atoms with Gasteiger partial charge in [0, 0.05) is 17.3 Å². The highest BCUT2D eigenvalue weighted by Crippen LogP contribution is 2.20. The Labute approximate surface area is 99.5 Å². The van der Waals surface area contributed by atoms with Gasteiger partial charge >= 0.3 is 12.3 Å². The van der Waals surface area contributed by atoms with E-state index in [1.54, 1.807) is 0 Å². The van der Waals surface area contributed by atoms with E-state index < -0.39 is 23.6 Å². The van der Waals surface area contributed by atoms with E-state index in [1.165, 1.54) is 6.92 Å². The van der Waals surface area contributed by atoms with Gasteiger partial charge in [0.1, 0.15) is 0 Å². The van der Waals surface area contributed by atoms with Crippen molar-refractivity contribution in [2.45, 2.75) is 19.7 Å². The lowest BCUT2D eigenvalue weighted by Gasteiger charge is -2.11. The first-order chi connectivity index (χ1) is 8.23. The van der Waals surface area contributed by atoms with Gasteiger partial charge in [-0.3, -0.25) is 9.59 Å². The molecule has 0 bridgehead atoms. The second kappa shape index (κ2) is 5.11. The van der Waals surface area contributed by atoms with Crippen LogP contribution in [-0.2, 0) is 16.0 Å². The van der Waals surface area contributed by atoms with Crippen LogP contribution in [0.2, 0.25) is 0 Å². The van der Waals surface area contributed by atoms with E-state index in [0.717, 1.165) is 7.11 Å². The van der Waals surface area contributed by atoms with Gasteiger partial charge in [0.05, 0.1) is 13.5 Å². The number of alkyl halides is 3. The molecule has 1 aromatic heterocycles. The Hall–Kier alpha value is -1.99. The molecule has 1 aromatic rings. The summed E-state index contributed by atoms with van der Waals surface area (Å²) in [5.74, 6) is -1.45. The van der Waals surface area contributed by atoms with Gasteiger partial charge in [0.2, 0.25) is 5.88 Å². The molecule has 100 valence electrons. The van der Waals surface area contributed by atoms with E-state index in [0.29, 0.717) is 6.07 Å². The van der Waals surface area contributed by atoms with Crippen molar-refractivity contribution in [3.8, 4) is 5.88 Å². The number of rotatable bonds is 3. The monoisotopic (exact) mass is 265 g/mol. The van der Waals surface area contributed by atoms with E-state index in [4.69, 9.17) is 0 Å². The Bertz CT molecular complexity index is 507. The number of ether oxygens (including phenoxy) is 2. The maximum atomic E-state index is 12.0. The normalized spacial score (nSPS) is 11.2. The first kappa shape index (κ1) is 14.1. The highest BCUT2D eigenvalue weighted by Gasteiger charge is 2.32. The van der Waals surface area contributed by atoms with Crippen molar-refractivity contribution in [1.82, 2.24) is 4.98 Å². The summed E-state index contributed by atoms with van der Waals surface area (Å²) in [5.41, 5.74) is -0.504. The van der Waals surface area contributed by atoms with Gasteiger partial charge in [-0.1, -0.05) is 0 Å². The third kappa shape index (κ3) is 3.79. The highest BCUT2D eigenvalue weighted by atomic mass is 19.4. The zero-order valence-corrected chi connectivity index (χ0v) is 9.55. The summed E-state index contributed by atoms with van der Waals surface area (Å²) in [6, 6.07) is 0.670. The van der Waals surface area contributed by atoms with Crippen LogP contribution in [0.25, 0.3) is 0 Å². The Morgan fingerprint density at radius 2 is 2.06 bits per heavy atom. The van der Waals surface area contributed by atoms with Crippen LogP contribution in [0.15, 0.2) is 10.9 Å². The minimum Gasteiger partial charge on any atom is -0.469 e. The second-order valence-corrected chi connectivity index (χ2v) is 3.40. The van der Waals surface area contributed by atoms with Crippen molar-refractivity contribution in [3.05, 3.63) is 27.5 Å². The molecule has 0 aliphatic carbocycles. The molecule has 0 spiro atoms. The molecule has 0 unspecified atom stereocenters. The van der Waals surface area contributed by atoms with Crippen LogP contribution in [0.4, 0.5) is 13.2 Å². The minimum absolute atomic E-state index is 0.0219. The van der Waals surface area contributed by atoms with Gasteiger partial charge in [0.15, 0.2) is 5.43 Å². The quantitative estimate of drug-likeness (QED) is 0.836. The lowest BCUT2D eigenvalue weighted by atomic mass is 10.1. The van der Waals surface area contributed by atoms with Crippen molar-refractivity contribution in [2.75, 3.05) is 7.11 Å². The average Bonchev–Trinajstić information content (AvgIpc) is 2.22. The van der Waals surface area contributed by atoms with Gasteiger partial charge in [-0.15, -0.1) is 13.2 Å². The number of hydrogen-bond acceptors (Lipinski definition) is 4. The van der Waals surface area contributed by atoms with E-state index in [-0.39, 0.29) is 17.7 Å². The van der Waals surface area contributed by atoms with E-state index >= 15 is 0 Å². The molecule has 0 aliphatic heterocycles.